The van der Waals surface area contributed by atoms with Crippen molar-refractivity contribution in [1.82, 2.24) is 9.97 Å². The van der Waals surface area contributed by atoms with E-state index < -0.39 is 5.82 Å². The van der Waals surface area contributed by atoms with Gasteiger partial charge in [0.25, 0.3) is 0 Å². The summed E-state index contributed by atoms with van der Waals surface area (Å²) in [5.74, 6) is 4.85. The lowest BCUT2D eigenvalue weighted by atomic mass is 10.4. The van der Waals surface area contributed by atoms with Gasteiger partial charge in [0.05, 0.1) is 17.1 Å². The first-order chi connectivity index (χ1) is 8.19. The predicted octanol–water partition coefficient (Wildman–Crippen LogP) is 2.23. The lowest BCUT2D eigenvalue weighted by Gasteiger charge is -2.06. The fourth-order valence-electron chi connectivity index (χ4n) is 1.18. The Morgan fingerprint density at radius 3 is 2.94 bits per heavy atom. The third kappa shape index (κ3) is 3.02. The third-order valence-electron chi connectivity index (χ3n) is 1.93. The average molecular weight is 274 g/mol. The molecule has 0 aliphatic carbocycles. The number of nitrogen functional groups attached to an aromatic ring is 1. The molecule has 5 nitrogen and oxygen atoms in total. The molecule has 0 bridgehead atoms. The predicted molar refractivity (Wildman–Crippen MR) is 66.5 cm³/mol. The Morgan fingerprint density at radius 1 is 1.47 bits per heavy atom. The normalized spacial score (nSPS) is 10.3. The van der Waals surface area contributed by atoms with Crippen LogP contribution in [0.5, 0.6) is 0 Å². The number of aromatic nitrogens is 2. The standard InChI is InChI=1S/C9H9ClFN5S/c10-7-2-1-5(17-7)3-13-8-6(11)4-14-9(15-8)16-12/h1-2,4H,3,12H2,(H2,13,14,15,16). The summed E-state index contributed by atoms with van der Waals surface area (Å²) in [6, 6.07) is 3.65. The minimum absolute atomic E-state index is 0.0949. The monoisotopic (exact) mass is 273 g/mol. The van der Waals surface area contributed by atoms with Crippen molar-refractivity contribution in [1.29, 1.82) is 0 Å². The van der Waals surface area contributed by atoms with Gasteiger partial charge in [0.2, 0.25) is 5.95 Å². The molecule has 2 aromatic heterocycles. The summed E-state index contributed by atoms with van der Waals surface area (Å²) in [7, 11) is 0. The highest BCUT2D eigenvalue weighted by Crippen LogP contribution is 2.22. The molecule has 0 saturated heterocycles. The summed E-state index contributed by atoms with van der Waals surface area (Å²) in [6.07, 6.45) is 1.05. The van der Waals surface area contributed by atoms with Crippen LogP contribution in [0, 0.1) is 5.82 Å². The molecule has 0 aliphatic heterocycles. The van der Waals surface area contributed by atoms with Crippen LogP contribution in [0.4, 0.5) is 16.2 Å². The van der Waals surface area contributed by atoms with Crippen molar-refractivity contribution in [2.24, 2.45) is 5.84 Å². The van der Waals surface area contributed by atoms with Gasteiger partial charge < -0.3 is 5.32 Å². The molecule has 17 heavy (non-hydrogen) atoms. The zero-order valence-electron chi connectivity index (χ0n) is 8.58. The van der Waals surface area contributed by atoms with Gasteiger partial charge in [-0.3, -0.25) is 5.43 Å². The number of hydrazine groups is 1. The van der Waals surface area contributed by atoms with Gasteiger partial charge in [-0.05, 0) is 12.1 Å². The summed E-state index contributed by atoms with van der Waals surface area (Å²) >= 11 is 7.21. The number of hydrogen-bond donors (Lipinski definition) is 3. The fraction of sp³-hybridized carbons (Fsp3) is 0.111. The molecule has 2 rings (SSSR count). The first-order valence-corrected chi connectivity index (χ1v) is 5.85. The van der Waals surface area contributed by atoms with E-state index in [0.29, 0.717) is 10.9 Å². The number of anilines is 2. The van der Waals surface area contributed by atoms with Crippen LogP contribution in [-0.2, 0) is 6.54 Å². The molecule has 0 aliphatic rings. The van der Waals surface area contributed by atoms with Gasteiger partial charge in [-0.1, -0.05) is 11.6 Å². The number of nitrogens with zero attached hydrogens (tertiary/aromatic N) is 2. The van der Waals surface area contributed by atoms with E-state index in [1.165, 1.54) is 11.3 Å². The smallest absolute Gasteiger partial charge is 0.239 e. The van der Waals surface area contributed by atoms with Gasteiger partial charge >= 0.3 is 0 Å². The van der Waals surface area contributed by atoms with Gasteiger partial charge in [-0.2, -0.15) is 4.98 Å². The van der Waals surface area contributed by atoms with Crippen molar-refractivity contribution in [2.75, 3.05) is 10.7 Å². The van der Waals surface area contributed by atoms with Crippen LogP contribution in [0.2, 0.25) is 4.34 Å². The number of nitrogens with one attached hydrogen (secondary N) is 2. The molecule has 0 fully saturated rings. The molecule has 0 aromatic carbocycles. The van der Waals surface area contributed by atoms with Gasteiger partial charge in [0.1, 0.15) is 0 Å². The number of rotatable bonds is 4. The molecule has 90 valence electrons. The Bertz CT molecular complexity index is 518. The van der Waals surface area contributed by atoms with Crippen molar-refractivity contribution < 1.29 is 4.39 Å². The number of thiophene rings is 1. The quantitative estimate of drug-likeness (QED) is 0.588. The zero-order valence-corrected chi connectivity index (χ0v) is 10.1. The summed E-state index contributed by atoms with van der Waals surface area (Å²) in [4.78, 5) is 8.47. The first kappa shape index (κ1) is 12.0. The minimum atomic E-state index is -0.536. The van der Waals surface area contributed by atoms with Crippen molar-refractivity contribution in [3.63, 3.8) is 0 Å². The van der Waals surface area contributed by atoms with Crippen molar-refractivity contribution in [2.45, 2.75) is 6.54 Å². The van der Waals surface area contributed by atoms with Crippen molar-refractivity contribution in [3.05, 3.63) is 33.4 Å². The fourth-order valence-corrected chi connectivity index (χ4v) is 2.21. The first-order valence-electron chi connectivity index (χ1n) is 4.66. The second kappa shape index (κ2) is 5.26. The third-order valence-corrected chi connectivity index (χ3v) is 3.16. The van der Waals surface area contributed by atoms with Crippen LogP contribution < -0.4 is 16.6 Å². The summed E-state index contributed by atoms with van der Waals surface area (Å²) < 4.78 is 14.0. The largest absolute Gasteiger partial charge is 0.363 e. The Morgan fingerprint density at radius 2 is 2.29 bits per heavy atom. The van der Waals surface area contributed by atoms with Crippen molar-refractivity contribution >= 4 is 34.7 Å². The van der Waals surface area contributed by atoms with E-state index in [9.17, 15) is 4.39 Å². The molecule has 0 spiro atoms. The molecule has 4 N–H and O–H groups in total. The SMILES string of the molecule is NNc1ncc(F)c(NCc2ccc(Cl)s2)n1. The highest BCUT2D eigenvalue weighted by atomic mass is 35.5. The lowest BCUT2D eigenvalue weighted by Crippen LogP contribution is -2.12. The molecule has 0 unspecified atom stereocenters. The Hall–Kier alpha value is -1.44. The Kier molecular flexibility index (Phi) is 3.72. The Balaban J connectivity index is 2.07. The van der Waals surface area contributed by atoms with Gasteiger partial charge in [-0.15, -0.1) is 11.3 Å². The maximum absolute atomic E-state index is 13.3. The van der Waals surface area contributed by atoms with E-state index >= 15 is 0 Å². The van der Waals surface area contributed by atoms with E-state index in [1.807, 2.05) is 6.07 Å². The second-order valence-corrected chi connectivity index (χ2v) is 4.89. The molecule has 0 radical (unpaired) electrons. The molecular formula is C9H9ClFN5S. The number of nitrogens with two attached hydrogens (primary N) is 1. The molecule has 0 amide bonds. The number of halogens is 2. The molecular weight excluding hydrogens is 265 g/mol. The van der Waals surface area contributed by atoms with E-state index in [-0.39, 0.29) is 11.8 Å². The van der Waals surface area contributed by atoms with Gasteiger partial charge in [0, 0.05) is 4.88 Å². The Labute approximate surface area is 106 Å². The molecule has 0 saturated carbocycles. The second-order valence-electron chi connectivity index (χ2n) is 3.09. The van der Waals surface area contributed by atoms with Crippen LogP contribution in [0.25, 0.3) is 0 Å². The highest BCUT2D eigenvalue weighted by molar-refractivity contribution is 7.16. The van der Waals surface area contributed by atoms with Crippen molar-refractivity contribution in [3.8, 4) is 0 Å². The maximum Gasteiger partial charge on any atom is 0.239 e. The summed E-state index contributed by atoms with van der Waals surface area (Å²) in [6.45, 7) is 0.440. The van der Waals surface area contributed by atoms with Crippen LogP contribution in [0.1, 0.15) is 4.88 Å². The van der Waals surface area contributed by atoms with Crippen LogP contribution in [-0.4, -0.2) is 9.97 Å². The molecule has 0 atom stereocenters. The molecule has 8 heteroatoms. The lowest BCUT2D eigenvalue weighted by molar-refractivity contribution is 0.617. The average Bonchev–Trinajstić information content (AvgIpc) is 2.74. The van der Waals surface area contributed by atoms with E-state index in [0.717, 1.165) is 11.1 Å². The van der Waals surface area contributed by atoms with Crippen LogP contribution >= 0.6 is 22.9 Å². The van der Waals surface area contributed by atoms with Gasteiger partial charge in [-0.25, -0.2) is 15.2 Å². The summed E-state index contributed by atoms with van der Waals surface area (Å²) in [5.41, 5.74) is 2.25. The van der Waals surface area contributed by atoms with E-state index in [1.54, 1.807) is 6.07 Å². The summed E-state index contributed by atoms with van der Waals surface area (Å²) in [5, 5.41) is 2.85. The zero-order chi connectivity index (χ0) is 12.3. The van der Waals surface area contributed by atoms with E-state index in [2.05, 4.69) is 20.7 Å². The molecule has 2 aromatic rings. The van der Waals surface area contributed by atoms with Crippen LogP contribution in [0.3, 0.4) is 0 Å². The maximum atomic E-state index is 13.3. The number of hydrogen-bond acceptors (Lipinski definition) is 6. The van der Waals surface area contributed by atoms with Gasteiger partial charge in [0.15, 0.2) is 11.6 Å². The minimum Gasteiger partial charge on any atom is -0.363 e. The highest BCUT2D eigenvalue weighted by Gasteiger charge is 2.06. The van der Waals surface area contributed by atoms with Crippen LogP contribution in [0.15, 0.2) is 18.3 Å². The van der Waals surface area contributed by atoms with E-state index in [4.69, 9.17) is 17.4 Å². The molecule has 2 heterocycles. The topological polar surface area (TPSA) is 75.9 Å².